The van der Waals surface area contributed by atoms with Crippen LogP contribution in [0, 0.1) is 11.8 Å². The fourth-order valence-corrected chi connectivity index (χ4v) is 3.71. The molecule has 3 nitrogen and oxygen atoms in total. The molecule has 2 aliphatic carbocycles. The van der Waals surface area contributed by atoms with Crippen molar-refractivity contribution < 1.29 is 0 Å². The van der Waals surface area contributed by atoms with Gasteiger partial charge in [-0.25, -0.2) is 4.98 Å². The zero-order chi connectivity index (χ0) is 11.9. The summed E-state index contributed by atoms with van der Waals surface area (Å²) >= 11 is 0. The average Bonchev–Trinajstić information content (AvgIpc) is 3.32. The van der Waals surface area contributed by atoms with Crippen LogP contribution in [-0.2, 0) is 0 Å². The van der Waals surface area contributed by atoms with Crippen LogP contribution in [0.2, 0.25) is 0 Å². The highest BCUT2D eigenvalue weighted by Gasteiger charge is 2.43. The Bertz CT molecular complexity index is 399. The summed E-state index contributed by atoms with van der Waals surface area (Å²) in [5.41, 5.74) is 1.53. The molecule has 0 aromatic carbocycles. The Morgan fingerprint density at radius 1 is 1.06 bits per heavy atom. The molecule has 3 aliphatic rings. The molecule has 0 amide bonds. The number of rotatable bonds is 4. The van der Waals surface area contributed by atoms with E-state index in [4.69, 9.17) is 0 Å². The number of imidazole rings is 1. The van der Waals surface area contributed by atoms with Gasteiger partial charge in [0.2, 0.25) is 0 Å². The summed E-state index contributed by atoms with van der Waals surface area (Å²) in [6, 6.07) is 0.789. The van der Waals surface area contributed by atoms with Crippen LogP contribution in [0.25, 0.3) is 0 Å². The number of hydrogen-bond acceptors (Lipinski definition) is 2. The standard InChI is InChI=1S/C15H23N3/c1-2-12(1)15(13-3-4-13)18-10-17-9-14(18)11-5-7-16-8-6-11/h9-13,15-16H,1-8H2. The Balaban J connectivity index is 1.61. The summed E-state index contributed by atoms with van der Waals surface area (Å²) in [6.45, 7) is 2.35. The molecule has 18 heavy (non-hydrogen) atoms. The van der Waals surface area contributed by atoms with Crippen molar-refractivity contribution in [1.82, 2.24) is 14.9 Å². The smallest absolute Gasteiger partial charge is 0.0951 e. The number of nitrogens with one attached hydrogen (secondary N) is 1. The van der Waals surface area contributed by atoms with Crippen LogP contribution in [0.15, 0.2) is 12.5 Å². The summed E-state index contributed by atoms with van der Waals surface area (Å²) in [5, 5.41) is 3.47. The van der Waals surface area contributed by atoms with Gasteiger partial charge >= 0.3 is 0 Å². The summed E-state index contributed by atoms with van der Waals surface area (Å²) < 4.78 is 2.57. The molecular weight excluding hydrogens is 222 g/mol. The molecule has 2 heterocycles. The number of aromatic nitrogens is 2. The Morgan fingerprint density at radius 3 is 2.33 bits per heavy atom. The van der Waals surface area contributed by atoms with Gasteiger partial charge in [0.25, 0.3) is 0 Å². The monoisotopic (exact) mass is 245 g/mol. The zero-order valence-electron chi connectivity index (χ0n) is 11.0. The van der Waals surface area contributed by atoms with Crippen molar-refractivity contribution in [2.75, 3.05) is 13.1 Å². The van der Waals surface area contributed by atoms with E-state index < -0.39 is 0 Å². The van der Waals surface area contributed by atoms with Gasteiger partial charge in [0, 0.05) is 23.9 Å². The maximum atomic E-state index is 4.48. The van der Waals surface area contributed by atoms with E-state index in [-0.39, 0.29) is 0 Å². The Hall–Kier alpha value is -0.830. The SMILES string of the molecule is c1ncn(C(C2CC2)C2CC2)c1C1CCNCC1. The predicted molar refractivity (Wildman–Crippen MR) is 71.6 cm³/mol. The van der Waals surface area contributed by atoms with E-state index in [0.29, 0.717) is 0 Å². The van der Waals surface area contributed by atoms with E-state index in [0.717, 1.165) is 23.8 Å². The van der Waals surface area contributed by atoms with Crippen molar-refractivity contribution >= 4 is 0 Å². The maximum absolute atomic E-state index is 4.48. The van der Waals surface area contributed by atoms with E-state index in [2.05, 4.69) is 27.4 Å². The molecule has 0 unspecified atom stereocenters. The fourth-order valence-electron chi connectivity index (χ4n) is 3.71. The fraction of sp³-hybridized carbons (Fsp3) is 0.800. The Morgan fingerprint density at radius 2 is 1.72 bits per heavy atom. The number of nitrogens with zero attached hydrogens (tertiary/aromatic N) is 2. The van der Waals surface area contributed by atoms with Crippen molar-refractivity contribution in [2.24, 2.45) is 11.8 Å². The minimum absolute atomic E-state index is 0.744. The van der Waals surface area contributed by atoms with Crippen LogP contribution in [0.3, 0.4) is 0 Å². The first kappa shape index (κ1) is 11.0. The highest BCUT2D eigenvalue weighted by Crippen LogP contribution is 2.52. The van der Waals surface area contributed by atoms with Crippen molar-refractivity contribution in [3.8, 4) is 0 Å². The molecule has 4 rings (SSSR count). The quantitative estimate of drug-likeness (QED) is 0.884. The molecule has 3 fully saturated rings. The van der Waals surface area contributed by atoms with E-state index >= 15 is 0 Å². The molecular formula is C15H23N3. The molecule has 1 aromatic heterocycles. The molecule has 0 atom stereocenters. The van der Waals surface area contributed by atoms with Crippen LogP contribution in [0.5, 0.6) is 0 Å². The first-order valence-electron chi connectivity index (χ1n) is 7.66. The first-order chi connectivity index (χ1) is 8.93. The van der Waals surface area contributed by atoms with Gasteiger partial charge in [-0.3, -0.25) is 0 Å². The lowest BCUT2D eigenvalue weighted by Crippen LogP contribution is -2.28. The van der Waals surface area contributed by atoms with Gasteiger partial charge < -0.3 is 9.88 Å². The topological polar surface area (TPSA) is 29.9 Å². The largest absolute Gasteiger partial charge is 0.331 e. The van der Waals surface area contributed by atoms with Gasteiger partial charge in [-0.05, 0) is 63.5 Å². The van der Waals surface area contributed by atoms with Crippen LogP contribution >= 0.6 is 0 Å². The lowest BCUT2D eigenvalue weighted by atomic mass is 9.94. The number of hydrogen-bond donors (Lipinski definition) is 1. The average molecular weight is 245 g/mol. The minimum Gasteiger partial charge on any atom is -0.331 e. The number of piperidine rings is 1. The van der Waals surface area contributed by atoms with Crippen LogP contribution < -0.4 is 5.32 Å². The Labute approximate surface area is 109 Å². The third kappa shape index (κ3) is 1.99. The van der Waals surface area contributed by atoms with Gasteiger partial charge in [0.1, 0.15) is 0 Å². The molecule has 1 aromatic rings. The highest BCUT2D eigenvalue weighted by molar-refractivity contribution is 5.12. The minimum atomic E-state index is 0.744. The maximum Gasteiger partial charge on any atom is 0.0951 e. The van der Waals surface area contributed by atoms with Gasteiger partial charge in [-0.2, -0.15) is 0 Å². The van der Waals surface area contributed by atoms with E-state index in [1.54, 1.807) is 0 Å². The zero-order valence-corrected chi connectivity index (χ0v) is 11.0. The van der Waals surface area contributed by atoms with Crippen molar-refractivity contribution in [2.45, 2.75) is 50.5 Å². The highest BCUT2D eigenvalue weighted by atomic mass is 15.1. The normalized spacial score (nSPS) is 25.8. The third-order valence-corrected chi connectivity index (χ3v) is 4.98. The predicted octanol–water partition coefficient (Wildman–Crippen LogP) is 2.71. The van der Waals surface area contributed by atoms with Crippen LogP contribution in [-0.4, -0.2) is 22.6 Å². The Kier molecular flexibility index (Phi) is 2.68. The molecule has 98 valence electrons. The van der Waals surface area contributed by atoms with E-state index in [1.165, 1.54) is 57.3 Å². The molecule has 1 aliphatic heterocycles. The summed E-state index contributed by atoms with van der Waals surface area (Å²) in [5.74, 6) is 2.67. The van der Waals surface area contributed by atoms with Crippen molar-refractivity contribution in [3.63, 3.8) is 0 Å². The van der Waals surface area contributed by atoms with Crippen molar-refractivity contribution in [1.29, 1.82) is 0 Å². The van der Waals surface area contributed by atoms with Gasteiger partial charge in [-0.15, -0.1) is 0 Å². The lowest BCUT2D eigenvalue weighted by molar-refractivity contribution is 0.360. The second kappa shape index (κ2) is 4.37. The van der Waals surface area contributed by atoms with Gasteiger partial charge in [0.15, 0.2) is 0 Å². The van der Waals surface area contributed by atoms with E-state index in [9.17, 15) is 0 Å². The summed E-state index contributed by atoms with van der Waals surface area (Å²) in [4.78, 5) is 4.48. The second-order valence-electron chi connectivity index (χ2n) is 6.42. The molecule has 3 heteroatoms. The molecule has 1 saturated heterocycles. The first-order valence-corrected chi connectivity index (χ1v) is 7.66. The van der Waals surface area contributed by atoms with Gasteiger partial charge in [0.05, 0.1) is 6.33 Å². The van der Waals surface area contributed by atoms with Crippen LogP contribution in [0.4, 0.5) is 0 Å². The van der Waals surface area contributed by atoms with E-state index in [1.807, 2.05) is 0 Å². The summed E-state index contributed by atoms with van der Waals surface area (Å²) in [7, 11) is 0. The molecule has 0 spiro atoms. The summed E-state index contributed by atoms with van der Waals surface area (Å²) in [6.07, 6.45) is 12.6. The molecule has 0 radical (unpaired) electrons. The lowest BCUT2D eigenvalue weighted by Gasteiger charge is -2.27. The molecule has 0 bridgehead atoms. The van der Waals surface area contributed by atoms with Crippen LogP contribution in [0.1, 0.15) is 56.2 Å². The van der Waals surface area contributed by atoms with Crippen molar-refractivity contribution in [3.05, 3.63) is 18.2 Å². The molecule has 2 saturated carbocycles. The van der Waals surface area contributed by atoms with Gasteiger partial charge in [-0.1, -0.05) is 0 Å². The third-order valence-electron chi connectivity index (χ3n) is 4.98. The molecule has 1 N–H and O–H groups in total. The second-order valence-corrected chi connectivity index (χ2v) is 6.42.